The number of carbonyl (C=O) groups is 2. The number of rotatable bonds is 3. The molecule has 0 bridgehead atoms. The third kappa shape index (κ3) is 10.00. The molecule has 0 aliphatic carbocycles. The number of hydrogen-bond acceptors (Lipinski definition) is 2. The van der Waals surface area contributed by atoms with Gasteiger partial charge in [-0.2, -0.15) is 0 Å². The molecule has 0 saturated heterocycles. The summed E-state index contributed by atoms with van der Waals surface area (Å²) in [5.74, 6) is 0.227. The third-order valence-electron chi connectivity index (χ3n) is 2.11. The summed E-state index contributed by atoms with van der Waals surface area (Å²) in [5, 5.41) is 16.9. The third-order valence-corrected chi connectivity index (χ3v) is 2.58. The molecule has 0 amide bonds. The summed E-state index contributed by atoms with van der Waals surface area (Å²) >= 11 is 5.39. The van der Waals surface area contributed by atoms with Gasteiger partial charge in [0.2, 0.25) is 0 Å². The van der Waals surface area contributed by atoms with Gasteiger partial charge < -0.3 is 16.4 Å². The Labute approximate surface area is 141 Å². The van der Waals surface area contributed by atoms with E-state index >= 15 is 0 Å². The maximum Gasteiger partial charge on any atom is 1.00 e. The molecule has 0 heterocycles. The van der Waals surface area contributed by atoms with Crippen molar-refractivity contribution in [1.29, 1.82) is 0 Å². The molecule has 0 aromatic heterocycles. The molecule has 0 rings (SSSR count). The molecule has 0 aliphatic rings. The maximum absolute atomic E-state index is 10.3. The number of aliphatic carboxylic acids is 2. The fourth-order valence-electron chi connectivity index (χ4n) is 0.178. The number of carboxylic acid groups (broad SMARTS) is 2. The predicted molar refractivity (Wildman–Crippen MR) is 71.9 cm³/mol. The van der Waals surface area contributed by atoms with Gasteiger partial charge in [-0.15, -0.1) is 6.42 Å². The molecular weight excluding hydrogens is 281 g/mol. The smallest absolute Gasteiger partial charge is 0.693 e. The molecule has 0 aliphatic heterocycles. The first-order chi connectivity index (χ1) is 7.39. The number of hydrogen-bond donors (Lipinski definition) is 2. The van der Waals surface area contributed by atoms with Gasteiger partial charge in [-0.3, -0.25) is 9.59 Å². The van der Waals surface area contributed by atoms with Crippen LogP contribution < -0.4 is 29.6 Å². The van der Waals surface area contributed by atoms with Gasteiger partial charge in [-0.1, -0.05) is 24.1 Å². The second-order valence-corrected chi connectivity index (χ2v) is 4.87. The molecule has 0 fully saturated rings. The molecule has 0 aromatic carbocycles. The zero-order valence-corrected chi connectivity index (χ0v) is 14.7. The Morgan fingerprint density at radius 3 is 1.47 bits per heavy atom. The van der Waals surface area contributed by atoms with E-state index in [1.54, 1.807) is 0 Å². The van der Waals surface area contributed by atoms with E-state index in [1.165, 1.54) is 27.7 Å². The van der Waals surface area contributed by atoms with Crippen LogP contribution in [0.2, 0.25) is 0 Å². The molecule has 4 N–H and O–H groups in total. The van der Waals surface area contributed by atoms with Gasteiger partial charge in [-0.25, -0.2) is 0 Å². The monoisotopic (exact) mass is 299 g/mol. The first kappa shape index (κ1) is 26.9. The van der Waals surface area contributed by atoms with Crippen LogP contribution >= 0.6 is 11.6 Å². The van der Waals surface area contributed by atoms with E-state index in [0.29, 0.717) is 0 Å². The summed E-state index contributed by atoms with van der Waals surface area (Å²) < 4.78 is 0. The van der Waals surface area contributed by atoms with Gasteiger partial charge in [0.25, 0.3) is 0 Å². The summed E-state index contributed by atoms with van der Waals surface area (Å²) in [6.07, 6.45) is 4.88. The maximum atomic E-state index is 10.3. The molecular formula is C12H19ClNNaO4. The van der Waals surface area contributed by atoms with Crippen molar-refractivity contribution in [1.82, 2.24) is 0 Å². The molecule has 0 radical (unpaired) electrons. The standard InChI is InChI=1S/C6H9ClO2.C6H8O2.H2N.Na/c1-4(7)6(2,3)5(8)9;1-4-6(2,3)5(7)8;;/h1H2,2-3H3,(H,8,9);1H,2-3H3,(H,7,8);1H2;/q;;-1;+1. The molecule has 0 spiro atoms. The van der Waals surface area contributed by atoms with Crippen LogP contribution in [0.25, 0.3) is 6.15 Å². The van der Waals surface area contributed by atoms with Crippen molar-refractivity contribution in [3.05, 3.63) is 17.8 Å². The van der Waals surface area contributed by atoms with Crippen LogP contribution in [-0.2, 0) is 9.59 Å². The predicted octanol–water partition coefficient (Wildman–Crippen LogP) is 0.301. The van der Waals surface area contributed by atoms with Crippen molar-refractivity contribution in [2.45, 2.75) is 27.7 Å². The largest absolute Gasteiger partial charge is 1.00 e. The molecule has 19 heavy (non-hydrogen) atoms. The van der Waals surface area contributed by atoms with Crippen LogP contribution in [0.4, 0.5) is 0 Å². The average molecular weight is 300 g/mol. The molecule has 0 atom stereocenters. The van der Waals surface area contributed by atoms with Gasteiger partial charge in [0, 0.05) is 5.03 Å². The van der Waals surface area contributed by atoms with Gasteiger partial charge in [0.1, 0.15) is 5.41 Å². The van der Waals surface area contributed by atoms with Crippen molar-refractivity contribution >= 4 is 23.5 Å². The zero-order chi connectivity index (χ0) is 14.4. The van der Waals surface area contributed by atoms with E-state index in [0.717, 1.165) is 0 Å². The van der Waals surface area contributed by atoms with E-state index in [1.807, 2.05) is 0 Å². The Kier molecular flexibility index (Phi) is 14.6. The van der Waals surface area contributed by atoms with Crippen molar-refractivity contribution in [3.63, 3.8) is 0 Å². The van der Waals surface area contributed by atoms with Gasteiger partial charge in [-0.05, 0) is 27.7 Å². The first-order valence-corrected chi connectivity index (χ1v) is 5.06. The molecule has 0 aromatic rings. The Bertz CT molecular complexity index is 356. The molecule has 104 valence electrons. The van der Waals surface area contributed by atoms with E-state index in [-0.39, 0.29) is 40.7 Å². The van der Waals surface area contributed by atoms with Crippen molar-refractivity contribution in [2.75, 3.05) is 0 Å². The minimum absolute atomic E-state index is 0. The normalized spacial score (nSPS) is 9.47. The van der Waals surface area contributed by atoms with Crippen LogP contribution in [0, 0.1) is 23.2 Å². The fourth-order valence-corrected chi connectivity index (χ4v) is 0.259. The summed E-state index contributed by atoms with van der Waals surface area (Å²) in [6.45, 7) is 9.30. The first-order valence-electron chi connectivity index (χ1n) is 4.69. The summed E-state index contributed by atoms with van der Waals surface area (Å²) in [6, 6.07) is 0. The second kappa shape index (κ2) is 10.3. The SMILES string of the molecule is C#CC(C)(C)C(=O)O.C=C(Cl)C(C)(C)C(=O)O.[NH2-].[Na+]. The number of halogens is 1. The Morgan fingerprint density at radius 2 is 1.47 bits per heavy atom. The molecule has 7 heteroatoms. The quantitative estimate of drug-likeness (QED) is 0.577. The minimum atomic E-state index is -1.01. The van der Waals surface area contributed by atoms with E-state index in [2.05, 4.69) is 12.5 Å². The number of carboxylic acids is 2. The Hall–Kier alpha value is -0.510. The van der Waals surface area contributed by atoms with E-state index in [9.17, 15) is 9.59 Å². The van der Waals surface area contributed by atoms with Crippen LogP contribution in [0.3, 0.4) is 0 Å². The van der Waals surface area contributed by atoms with Crippen LogP contribution in [0.15, 0.2) is 11.6 Å². The van der Waals surface area contributed by atoms with Crippen molar-refractivity contribution < 1.29 is 49.4 Å². The number of nitrogens with two attached hydrogens (primary N) is 1. The Morgan fingerprint density at radius 1 is 1.16 bits per heavy atom. The minimum Gasteiger partial charge on any atom is -0.693 e. The van der Waals surface area contributed by atoms with Gasteiger partial charge in [0.05, 0.1) is 5.41 Å². The number of terminal acetylenes is 1. The molecule has 5 nitrogen and oxygen atoms in total. The van der Waals surface area contributed by atoms with Crippen LogP contribution in [0.5, 0.6) is 0 Å². The summed E-state index contributed by atoms with van der Waals surface area (Å²) in [5.41, 5.74) is -2.03. The zero-order valence-electron chi connectivity index (χ0n) is 12.0. The van der Waals surface area contributed by atoms with Crippen LogP contribution in [0.1, 0.15) is 27.7 Å². The van der Waals surface area contributed by atoms with Gasteiger partial charge >= 0.3 is 41.5 Å². The molecule has 0 saturated carbocycles. The summed E-state index contributed by atoms with van der Waals surface area (Å²) in [7, 11) is 0. The average Bonchev–Trinajstić information content (AvgIpc) is 2.17. The van der Waals surface area contributed by atoms with Crippen molar-refractivity contribution in [3.8, 4) is 12.3 Å². The van der Waals surface area contributed by atoms with Crippen molar-refractivity contribution in [2.24, 2.45) is 10.8 Å². The van der Waals surface area contributed by atoms with E-state index in [4.69, 9.17) is 28.2 Å². The molecule has 0 unspecified atom stereocenters. The fraction of sp³-hybridized carbons (Fsp3) is 0.500. The van der Waals surface area contributed by atoms with Crippen LogP contribution in [-0.4, -0.2) is 22.2 Å². The topological polar surface area (TPSA) is 108 Å². The van der Waals surface area contributed by atoms with E-state index < -0.39 is 22.8 Å². The summed E-state index contributed by atoms with van der Waals surface area (Å²) in [4.78, 5) is 20.4. The van der Waals surface area contributed by atoms with Gasteiger partial charge in [0.15, 0.2) is 0 Å². The Balaban J connectivity index is -0.000000108. The second-order valence-electron chi connectivity index (χ2n) is 4.41.